The number of rotatable bonds is 1. The maximum absolute atomic E-state index is 3.39. The molecule has 1 nitrogen and oxygen atoms in total. The Morgan fingerprint density at radius 3 is 2.92 bits per heavy atom. The van der Waals surface area contributed by atoms with Crippen molar-refractivity contribution in [3.8, 4) is 0 Å². The van der Waals surface area contributed by atoms with Crippen molar-refractivity contribution in [3.63, 3.8) is 0 Å². The molecule has 1 aliphatic heterocycles. The predicted molar refractivity (Wildman–Crippen MR) is 53.9 cm³/mol. The van der Waals surface area contributed by atoms with E-state index in [0.29, 0.717) is 12.0 Å². The molecule has 1 N–H and O–H groups in total. The van der Waals surface area contributed by atoms with E-state index in [1.807, 2.05) is 0 Å². The second kappa shape index (κ2) is 4.34. The average Bonchev–Trinajstić information content (AvgIpc) is 2.02. The highest BCUT2D eigenvalue weighted by molar-refractivity contribution is 5.08. The lowest BCUT2D eigenvalue weighted by Crippen LogP contribution is -2.22. The van der Waals surface area contributed by atoms with Gasteiger partial charge in [-0.25, -0.2) is 0 Å². The fourth-order valence-electron chi connectivity index (χ4n) is 1.52. The highest BCUT2D eigenvalue weighted by Gasteiger charge is 2.05. The van der Waals surface area contributed by atoms with E-state index >= 15 is 0 Å². The van der Waals surface area contributed by atoms with Crippen molar-refractivity contribution in [2.75, 3.05) is 0 Å². The van der Waals surface area contributed by atoms with Crippen molar-refractivity contribution in [1.82, 2.24) is 5.32 Å². The summed E-state index contributed by atoms with van der Waals surface area (Å²) in [6.45, 7) is 6.67. The number of hydrogen-bond donors (Lipinski definition) is 1. The van der Waals surface area contributed by atoms with Crippen molar-refractivity contribution >= 4 is 0 Å². The molecule has 0 saturated heterocycles. The lowest BCUT2D eigenvalue weighted by Gasteiger charge is -2.17. The lowest BCUT2D eigenvalue weighted by molar-refractivity contribution is 0.628. The first-order chi connectivity index (χ1) is 5.72. The summed E-state index contributed by atoms with van der Waals surface area (Å²) in [5, 5.41) is 3.39. The minimum absolute atomic E-state index is 0.530. The van der Waals surface area contributed by atoms with Gasteiger partial charge >= 0.3 is 0 Å². The molecule has 2 unspecified atom stereocenters. The number of hydrogen-bond acceptors (Lipinski definition) is 1. The smallest absolute Gasteiger partial charge is 0.0436 e. The molecule has 0 saturated carbocycles. The van der Waals surface area contributed by atoms with Crippen LogP contribution in [0.2, 0.25) is 0 Å². The van der Waals surface area contributed by atoms with Crippen LogP contribution in [-0.4, -0.2) is 6.04 Å². The third kappa shape index (κ3) is 2.72. The SMILES string of the molecule is CCC1/C=C\C(C)C/C(C)=C/N1. The van der Waals surface area contributed by atoms with Gasteiger partial charge in [0.1, 0.15) is 0 Å². The minimum Gasteiger partial charge on any atom is -0.385 e. The zero-order valence-corrected chi connectivity index (χ0v) is 8.30. The molecule has 1 aliphatic rings. The highest BCUT2D eigenvalue weighted by atomic mass is 14.9. The van der Waals surface area contributed by atoms with Crippen LogP contribution in [0.15, 0.2) is 23.9 Å². The average molecular weight is 165 g/mol. The second-order valence-corrected chi connectivity index (χ2v) is 3.74. The Morgan fingerprint density at radius 1 is 1.50 bits per heavy atom. The Kier molecular flexibility index (Phi) is 3.39. The Morgan fingerprint density at radius 2 is 2.25 bits per heavy atom. The number of nitrogens with one attached hydrogen (secondary N) is 1. The second-order valence-electron chi connectivity index (χ2n) is 3.74. The van der Waals surface area contributed by atoms with E-state index in [-0.39, 0.29) is 0 Å². The molecule has 1 rings (SSSR count). The largest absolute Gasteiger partial charge is 0.385 e. The Balaban J connectivity index is 2.62. The molecule has 0 aromatic carbocycles. The third-order valence-electron chi connectivity index (χ3n) is 2.30. The van der Waals surface area contributed by atoms with E-state index in [1.54, 1.807) is 0 Å². The molecule has 2 atom stereocenters. The zero-order valence-electron chi connectivity index (χ0n) is 8.30. The van der Waals surface area contributed by atoms with Gasteiger partial charge in [0.2, 0.25) is 0 Å². The van der Waals surface area contributed by atoms with E-state index in [0.717, 1.165) is 6.42 Å². The fraction of sp³-hybridized carbons (Fsp3) is 0.636. The van der Waals surface area contributed by atoms with Gasteiger partial charge in [0.15, 0.2) is 0 Å². The summed E-state index contributed by atoms with van der Waals surface area (Å²) in [6.07, 6.45) is 9.10. The Bertz CT molecular complexity index is 191. The van der Waals surface area contributed by atoms with Gasteiger partial charge in [0.05, 0.1) is 0 Å². The van der Waals surface area contributed by atoms with Gasteiger partial charge in [-0.1, -0.05) is 31.6 Å². The van der Waals surface area contributed by atoms with Gasteiger partial charge in [-0.3, -0.25) is 0 Å². The molecule has 0 aromatic heterocycles. The summed E-state index contributed by atoms with van der Waals surface area (Å²) in [7, 11) is 0. The molecule has 0 aromatic rings. The molecule has 12 heavy (non-hydrogen) atoms. The summed E-state index contributed by atoms with van der Waals surface area (Å²) in [5.41, 5.74) is 1.45. The van der Waals surface area contributed by atoms with Gasteiger partial charge in [-0.2, -0.15) is 0 Å². The first kappa shape index (κ1) is 9.37. The standard InChI is InChI=1S/C11H19N/c1-4-11-6-5-9(2)7-10(3)8-12-11/h5-6,8-9,11-12H,4,7H2,1-3H3/b6-5-,10-8+. The molecular weight excluding hydrogens is 146 g/mol. The van der Waals surface area contributed by atoms with Crippen LogP contribution in [0.25, 0.3) is 0 Å². The van der Waals surface area contributed by atoms with E-state index in [9.17, 15) is 0 Å². The summed E-state index contributed by atoms with van der Waals surface area (Å²) >= 11 is 0. The molecule has 1 heterocycles. The van der Waals surface area contributed by atoms with Crippen molar-refractivity contribution in [2.45, 2.75) is 39.7 Å². The normalized spacial score (nSPS) is 37.1. The van der Waals surface area contributed by atoms with Crippen LogP contribution in [0, 0.1) is 5.92 Å². The van der Waals surface area contributed by atoms with Gasteiger partial charge in [0.25, 0.3) is 0 Å². The van der Waals surface area contributed by atoms with Gasteiger partial charge in [-0.05, 0) is 31.9 Å². The third-order valence-corrected chi connectivity index (χ3v) is 2.30. The van der Waals surface area contributed by atoms with Crippen LogP contribution in [0.5, 0.6) is 0 Å². The lowest BCUT2D eigenvalue weighted by atomic mass is 9.99. The van der Waals surface area contributed by atoms with Gasteiger partial charge in [0, 0.05) is 6.04 Å². The topological polar surface area (TPSA) is 12.0 Å². The Hall–Kier alpha value is -0.720. The first-order valence-electron chi connectivity index (χ1n) is 4.82. The molecule has 0 amide bonds. The summed E-state index contributed by atoms with van der Waals surface area (Å²) < 4.78 is 0. The highest BCUT2D eigenvalue weighted by Crippen LogP contribution is 2.14. The molecule has 68 valence electrons. The summed E-state index contributed by atoms with van der Waals surface area (Å²) in [6, 6.07) is 0.530. The van der Waals surface area contributed by atoms with Crippen molar-refractivity contribution in [2.24, 2.45) is 5.92 Å². The molecule has 1 heteroatoms. The molecule has 0 bridgehead atoms. The monoisotopic (exact) mass is 165 g/mol. The molecule has 0 fully saturated rings. The van der Waals surface area contributed by atoms with Crippen LogP contribution in [0.4, 0.5) is 0 Å². The number of allylic oxidation sites excluding steroid dienone is 2. The fourth-order valence-corrected chi connectivity index (χ4v) is 1.52. The van der Waals surface area contributed by atoms with Gasteiger partial charge in [-0.15, -0.1) is 0 Å². The molecule has 0 aliphatic carbocycles. The van der Waals surface area contributed by atoms with E-state index < -0.39 is 0 Å². The van der Waals surface area contributed by atoms with Crippen molar-refractivity contribution in [3.05, 3.63) is 23.9 Å². The quantitative estimate of drug-likeness (QED) is 0.589. The van der Waals surface area contributed by atoms with E-state index in [1.165, 1.54) is 12.0 Å². The molecule has 0 radical (unpaired) electrons. The first-order valence-corrected chi connectivity index (χ1v) is 4.82. The maximum atomic E-state index is 3.39. The molecule has 0 spiro atoms. The maximum Gasteiger partial charge on any atom is 0.0436 e. The van der Waals surface area contributed by atoms with Crippen LogP contribution in [-0.2, 0) is 0 Å². The Labute approximate surface area is 75.6 Å². The van der Waals surface area contributed by atoms with Crippen molar-refractivity contribution in [1.29, 1.82) is 0 Å². The summed E-state index contributed by atoms with van der Waals surface area (Å²) in [4.78, 5) is 0. The van der Waals surface area contributed by atoms with Crippen molar-refractivity contribution < 1.29 is 0 Å². The summed E-state index contributed by atoms with van der Waals surface area (Å²) in [5.74, 6) is 0.692. The predicted octanol–water partition coefficient (Wildman–Crippen LogP) is 2.85. The van der Waals surface area contributed by atoms with E-state index in [4.69, 9.17) is 0 Å². The zero-order chi connectivity index (χ0) is 8.97. The van der Waals surface area contributed by atoms with Crippen LogP contribution in [0.3, 0.4) is 0 Å². The van der Waals surface area contributed by atoms with E-state index in [2.05, 4.69) is 44.4 Å². The van der Waals surface area contributed by atoms with Crippen LogP contribution < -0.4 is 5.32 Å². The van der Waals surface area contributed by atoms with Gasteiger partial charge < -0.3 is 5.32 Å². The van der Waals surface area contributed by atoms with Crippen LogP contribution in [0.1, 0.15) is 33.6 Å². The molecular formula is C11H19N. The van der Waals surface area contributed by atoms with Crippen LogP contribution >= 0.6 is 0 Å². The minimum atomic E-state index is 0.530.